The van der Waals surface area contributed by atoms with Crippen molar-refractivity contribution in [2.45, 2.75) is 11.4 Å². The second kappa shape index (κ2) is 5.02. The molecular formula is C10H9NOTe. The van der Waals surface area contributed by atoms with Gasteiger partial charge in [0, 0.05) is 0 Å². The third-order valence-electron chi connectivity index (χ3n) is 1.56. The second-order valence-electron chi connectivity index (χ2n) is 2.50. The van der Waals surface area contributed by atoms with Crippen LogP contribution in [0.4, 0.5) is 0 Å². The SMILES string of the molecule is CC(=O)c1ccccc1[Te]CC#N. The Bertz CT molecular complexity index is 354. The summed E-state index contributed by atoms with van der Waals surface area (Å²) < 4.78 is 1.69. The summed E-state index contributed by atoms with van der Waals surface area (Å²) in [6, 6.07) is 9.70. The number of Topliss-reactive ketones (excluding diaryl/α,β-unsaturated/α-hetero) is 1. The zero-order chi connectivity index (χ0) is 9.68. The summed E-state index contributed by atoms with van der Waals surface area (Å²) in [5, 5.41) is 8.45. The summed E-state index contributed by atoms with van der Waals surface area (Å²) >= 11 is -0.487. The number of nitriles is 1. The fraction of sp³-hybridized carbons (Fsp3) is 0.200. The summed E-state index contributed by atoms with van der Waals surface area (Å²) in [5.41, 5.74) is 0.792. The van der Waals surface area contributed by atoms with E-state index in [9.17, 15) is 4.79 Å². The monoisotopic (exact) mass is 289 g/mol. The van der Waals surface area contributed by atoms with Gasteiger partial charge >= 0.3 is 87.7 Å². The molecule has 0 spiro atoms. The van der Waals surface area contributed by atoms with Crippen molar-refractivity contribution in [1.82, 2.24) is 0 Å². The second-order valence-corrected chi connectivity index (χ2v) is 5.40. The number of benzene rings is 1. The van der Waals surface area contributed by atoms with Crippen LogP contribution < -0.4 is 3.61 Å². The van der Waals surface area contributed by atoms with Gasteiger partial charge in [-0.1, -0.05) is 0 Å². The molecule has 0 saturated carbocycles. The first kappa shape index (κ1) is 10.3. The minimum atomic E-state index is -0.487. The molecule has 0 unspecified atom stereocenters. The van der Waals surface area contributed by atoms with E-state index in [0.717, 1.165) is 9.17 Å². The molecule has 0 radical (unpaired) electrons. The van der Waals surface area contributed by atoms with Crippen LogP contribution in [0.3, 0.4) is 0 Å². The maximum atomic E-state index is 11.2. The van der Waals surface area contributed by atoms with Crippen molar-refractivity contribution in [3.8, 4) is 6.07 Å². The average Bonchev–Trinajstić information content (AvgIpc) is 2.15. The first-order valence-corrected chi connectivity index (χ1v) is 6.66. The Morgan fingerprint density at radius 3 is 2.85 bits per heavy atom. The third kappa shape index (κ3) is 2.84. The topological polar surface area (TPSA) is 40.9 Å². The van der Waals surface area contributed by atoms with Gasteiger partial charge in [0.05, 0.1) is 0 Å². The first-order chi connectivity index (χ1) is 6.25. The molecule has 0 aliphatic carbocycles. The molecule has 13 heavy (non-hydrogen) atoms. The van der Waals surface area contributed by atoms with Crippen LogP contribution in [0.5, 0.6) is 0 Å². The van der Waals surface area contributed by atoms with E-state index < -0.39 is 20.9 Å². The molecule has 0 N–H and O–H groups in total. The molecule has 3 heteroatoms. The van der Waals surface area contributed by atoms with Crippen LogP contribution in [0.25, 0.3) is 0 Å². The van der Waals surface area contributed by atoms with Crippen LogP contribution in [-0.2, 0) is 0 Å². The molecule has 0 saturated heterocycles. The summed E-state index contributed by atoms with van der Waals surface area (Å²) in [4.78, 5) is 11.2. The van der Waals surface area contributed by atoms with Crippen molar-refractivity contribution in [3.05, 3.63) is 29.8 Å². The number of ketones is 1. The molecule has 0 aliphatic heterocycles. The van der Waals surface area contributed by atoms with Gasteiger partial charge in [0.2, 0.25) is 0 Å². The van der Waals surface area contributed by atoms with Gasteiger partial charge in [-0.2, -0.15) is 0 Å². The molecular weight excluding hydrogens is 278 g/mol. The Hall–Kier alpha value is -0.830. The average molecular weight is 287 g/mol. The van der Waals surface area contributed by atoms with Crippen LogP contribution in [-0.4, -0.2) is 26.7 Å². The van der Waals surface area contributed by atoms with E-state index in [0.29, 0.717) is 4.47 Å². The van der Waals surface area contributed by atoms with Crippen LogP contribution in [0.1, 0.15) is 17.3 Å². The third-order valence-corrected chi connectivity index (χ3v) is 4.24. The van der Waals surface area contributed by atoms with E-state index in [-0.39, 0.29) is 5.78 Å². The zero-order valence-electron chi connectivity index (χ0n) is 7.28. The maximum absolute atomic E-state index is 11.2. The molecule has 0 fully saturated rings. The fourth-order valence-electron chi connectivity index (χ4n) is 0.993. The predicted octanol–water partition coefficient (Wildman–Crippen LogP) is 1.16. The van der Waals surface area contributed by atoms with Gasteiger partial charge in [-0.3, -0.25) is 0 Å². The van der Waals surface area contributed by atoms with Gasteiger partial charge in [0.25, 0.3) is 0 Å². The zero-order valence-corrected chi connectivity index (χ0v) is 9.61. The summed E-state index contributed by atoms with van der Waals surface area (Å²) in [7, 11) is 0. The number of hydrogen-bond donors (Lipinski definition) is 0. The van der Waals surface area contributed by atoms with E-state index in [1.165, 1.54) is 0 Å². The molecule has 1 aromatic carbocycles. The first-order valence-electron chi connectivity index (χ1n) is 3.85. The molecule has 1 rings (SSSR count). The molecule has 1 aromatic rings. The van der Waals surface area contributed by atoms with Gasteiger partial charge in [-0.15, -0.1) is 0 Å². The van der Waals surface area contributed by atoms with Gasteiger partial charge < -0.3 is 0 Å². The number of nitrogens with zero attached hydrogens (tertiary/aromatic N) is 1. The molecule has 0 aliphatic rings. The van der Waals surface area contributed by atoms with Gasteiger partial charge in [-0.05, 0) is 0 Å². The predicted molar refractivity (Wildman–Crippen MR) is 52.3 cm³/mol. The van der Waals surface area contributed by atoms with E-state index in [4.69, 9.17) is 5.26 Å². The summed E-state index contributed by atoms with van der Waals surface area (Å²) in [6.07, 6.45) is 0. The molecule has 0 aromatic heterocycles. The molecule has 0 heterocycles. The number of rotatable bonds is 3. The van der Waals surface area contributed by atoms with E-state index in [2.05, 4.69) is 6.07 Å². The van der Waals surface area contributed by atoms with Crippen molar-refractivity contribution in [1.29, 1.82) is 5.26 Å². The Labute approximate surface area is 87.6 Å². The quantitative estimate of drug-likeness (QED) is 0.618. The van der Waals surface area contributed by atoms with E-state index in [1.54, 1.807) is 6.92 Å². The molecule has 66 valence electrons. The van der Waals surface area contributed by atoms with Crippen molar-refractivity contribution in [2.24, 2.45) is 0 Å². The van der Waals surface area contributed by atoms with Crippen LogP contribution in [0, 0.1) is 11.3 Å². The Balaban J connectivity index is 2.92. The Morgan fingerprint density at radius 2 is 2.23 bits per heavy atom. The Morgan fingerprint density at radius 1 is 1.54 bits per heavy atom. The Kier molecular flexibility index (Phi) is 3.96. The fourth-order valence-corrected chi connectivity index (χ4v) is 3.17. The van der Waals surface area contributed by atoms with Gasteiger partial charge in [0.15, 0.2) is 0 Å². The standard InChI is InChI=1S/C10H9NOTe/c1-8(12)9-4-2-3-5-10(9)13-7-6-11/h2-5H,7H2,1H3. The molecule has 0 bridgehead atoms. The number of carbonyl (C=O) groups excluding carboxylic acids is 1. The van der Waals surface area contributed by atoms with Crippen molar-refractivity contribution in [2.75, 3.05) is 0 Å². The van der Waals surface area contributed by atoms with Crippen molar-refractivity contribution in [3.63, 3.8) is 0 Å². The van der Waals surface area contributed by atoms with Gasteiger partial charge in [0.1, 0.15) is 0 Å². The molecule has 0 atom stereocenters. The normalized spacial score (nSPS) is 9.23. The van der Waals surface area contributed by atoms with E-state index in [1.807, 2.05) is 24.3 Å². The minimum absolute atomic E-state index is 0.0960. The molecule has 0 amide bonds. The molecule has 2 nitrogen and oxygen atoms in total. The number of carbonyl (C=O) groups is 1. The van der Waals surface area contributed by atoms with Crippen LogP contribution >= 0.6 is 0 Å². The van der Waals surface area contributed by atoms with Gasteiger partial charge in [-0.25, -0.2) is 0 Å². The van der Waals surface area contributed by atoms with Crippen molar-refractivity contribution >= 4 is 30.3 Å². The summed E-state index contributed by atoms with van der Waals surface area (Å²) in [5.74, 6) is 0.0960. The van der Waals surface area contributed by atoms with Crippen LogP contribution in [0.2, 0.25) is 4.47 Å². The summed E-state index contributed by atoms with van der Waals surface area (Å²) in [6.45, 7) is 1.57. The van der Waals surface area contributed by atoms with E-state index >= 15 is 0 Å². The van der Waals surface area contributed by atoms with Crippen molar-refractivity contribution < 1.29 is 4.79 Å². The number of hydrogen-bond acceptors (Lipinski definition) is 2. The van der Waals surface area contributed by atoms with Crippen LogP contribution in [0.15, 0.2) is 24.3 Å².